The lowest BCUT2D eigenvalue weighted by atomic mass is 10.1. The number of aryl methyl sites for hydroxylation is 2. The Hall–Kier alpha value is -2.97. The molecular weight excluding hydrogens is 390 g/mol. The van der Waals surface area contributed by atoms with Crippen LogP contribution in [0.25, 0.3) is 27.1 Å². The number of anilines is 1. The molecule has 1 aromatic carbocycles. The number of aromatic amines is 1. The van der Waals surface area contributed by atoms with Crippen LogP contribution in [0.2, 0.25) is 0 Å². The normalized spacial score (nSPS) is 11.5. The van der Waals surface area contributed by atoms with Crippen LogP contribution in [-0.4, -0.2) is 25.3 Å². The number of hydrogen-bond acceptors (Lipinski definition) is 5. The first kappa shape index (κ1) is 17.2. The van der Waals surface area contributed by atoms with E-state index >= 15 is 0 Å². The highest BCUT2D eigenvalue weighted by molar-refractivity contribution is 7.17. The zero-order chi connectivity index (χ0) is 19.3. The first-order chi connectivity index (χ1) is 13.6. The van der Waals surface area contributed by atoms with Crippen molar-refractivity contribution in [2.75, 3.05) is 5.32 Å². The second-order valence-electron chi connectivity index (χ2n) is 6.70. The quantitative estimate of drug-likeness (QED) is 0.449. The fraction of sp³-hybridized carbons (Fsp3) is 0.150. The van der Waals surface area contributed by atoms with Crippen LogP contribution in [0.4, 0.5) is 5.13 Å². The van der Waals surface area contributed by atoms with Gasteiger partial charge >= 0.3 is 0 Å². The summed E-state index contributed by atoms with van der Waals surface area (Å²) < 4.78 is 1.96. The van der Waals surface area contributed by atoms with E-state index < -0.39 is 0 Å². The van der Waals surface area contributed by atoms with Gasteiger partial charge < -0.3 is 10.3 Å². The predicted molar refractivity (Wildman–Crippen MR) is 114 cm³/mol. The Morgan fingerprint density at radius 3 is 2.93 bits per heavy atom. The lowest BCUT2D eigenvalue weighted by Crippen LogP contribution is -2.14. The molecule has 4 heterocycles. The molecule has 0 unspecified atom stereocenters. The van der Waals surface area contributed by atoms with Crippen molar-refractivity contribution in [3.63, 3.8) is 0 Å². The molecule has 140 valence electrons. The van der Waals surface area contributed by atoms with Crippen molar-refractivity contribution >= 4 is 49.6 Å². The maximum atomic E-state index is 12.4. The van der Waals surface area contributed by atoms with Gasteiger partial charge in [0.05, 0.1) is 17.8 Å². The maximum Gasteiger partial charge on any atom is 0.232 e. The minimum Gasteiger partial charge on any atom is -0.358 e. The average molecular weight is 408 g/mol. The van der Waals surface area contributed by atoms with Gasteiger partial charge in [-0.2, -0.15) is 0 Å². The molecule has 0 spiro atoms. The van der Waals surface area contributed by atoms with Crippen molar-refractivity contribution in [2.45, 2.75) is 20.3 Å². The lowest BCUT2D eigenvalue weighted by Gasteiger charge is -2.00. The Bertz CT molecular complexity index is 1290. The van der Waals surface area contributed by atoms with Gasteiger partial charge in [0.25, 0.3) is 0 Å². The van der Waals surface area contributed by atoms with Crippen molar-refractivity contribution in [1.82, 2.24) is 19.4 Å². The Morgan fingerprint density at radius 1 is 1.21 bits per heavy atom. The lowest BCUT2D eigenvalue weighted by molar-refractivity contribution is -0.115. The van der Waals surface area contributed by atoms with Crippen LogP contribution in [0.15, 0.2) is 42.0 Å². The fourth-order valence-corrected chi connectivity index (χ4v) is 4.97. The number of aromatic nitrogens is 4. The molecule has 4 aromatic heterocycles. The predicted octanol–water partition coefficient (Wildman–Crippen LogP) is 4.80. The molecule has 0 aliphatic heterocycles. The van der Waals surface area contributed by atoms with E-state index in [4.69, 9.17) is 0 Å². The molecule has 0 aliphatic carbocycles. The number of carbonyl (C=O) groups excluding carboxylic acids is 1. The molecule has 0 atom stereocenters. The summed E-state index contributed by atoms with van der Waals surface area (Å²) in [6.07, 6.45) is 4.15. The zero-order valence-electron chi connectivity index (χ0n) is 15.3. The topological polar surface area (TPSA) is 75.1 Å². The van der Waals surface area contributed by atoms with Crippen molar-refractivity contribution < 1.29 is 4.79 Å². The Labute approximate surface area is 168 Å². The smallest absolute Gasteiger partial charge is 0.232 e. The van der Waals surface area contributed by atoms with Gasteiger partial charge in [-0.15, -0.1) is 22.7 Å². The van der Waals surface area contributed by atoms with Crippen LogP contribution < -0.4 is 5.32 Å². The third-order valence-corrected chi connectivity index (χ3v) is 6.23. The summed E-state index contributed by atoms with van der Waals surface area (Å²) in [4.78, 5) is 27.1. The number of H-pyrrole nitrogens is 1. The number of rotatable bonds is 4. The van der Waals surface area contributed by atoms with E-state index in [-0.39, 0.29) is 12.3 Å². The van der Waals surface area contributed by atoms with E-state index in [1.165, 1.54) is 16.2 Å². The first-order valence-electron chi connectivity index (χ1n) is 8.84. The van der Waals surface area contributed by atoms with Crippen LogP contribution in [-0.2, 0) is 11.2 Å². The second-order valence-corrected chi connectivity index (χ2v) is 8.77. The van der Waals surface area contributed by atoms with Gasteiger partial charge in [-0.1, -0.05) is 18.2 Å². The molecule has 0 saturated heterocycles. The van der Waals surface area contributed by atoms with Gasteiger partial charge in [0, 0.05) is 44.8 Å². The Morgan fingerprint density at radius 2 is 2.07 bits per heavy atom. The van der Waals surface area contributed by atoms with Crippen molar-refractivity contribution in [2.24, 2.45) is 0 Å². The summed E-state index contributed by atoms with van der Waals surface area (Å²) in [6, 6.07) is 8.16. The fourth-order valence-electron chi connectivity index (χ4n) is 3.43. The largest absolute Gasteiger partial charge is 0.358 e. The standard InChI is InChI=1S/C20H17N5OS2/c1-11-8-25-9-13(22-20(25)28-11)7-17(26)24-19-23-16(10-27-19)18-12(2)21-15-6-4-3-5-14(15)18/h3-6,8-10,21H,7H2,1-2H3,(H,23,24,26). The summed E-state index contributed by atoms with van der Waals surface area (Å²) in [5.41, 5.74) is 4.86. The van der Waals surface area contributed by atoms with Crippen molar-refractivity contribution in [3.8, 4) is 11.3 Å². The Kier molecular flexibility index (Phi) is 4.03. The number of amides is 1. The van der Waals surface area contributed by atoms with Crippen molar-refractivity contribution in [3.05, 3.63) is 58.3 Å². The van der Waals surface area contributed by atoms with Crippen molar-refractivity contribution in [1.29, 1.82) is 0 Å². The third kappa shape index (κ3) is 3.00. The van der Waals surface area contributed by atoms with E-state index in [0.717, 1.165) is 38.5 Å². The van der Waals surface area contributed by atoms with Crippen LogP contribution in [0, 0.1) is 13.8 Å². The number of hydrogen-bond donors (Lipinski definition) is 2. The highest BCUT2D eigenvalue weighted by atomic mass is 32.1. The number of imidazole rings is 1. The van der Waals surface area contributed by atoms with Gasteiger partial charge in [-0.3, -0.25) is 9.20 Å². The van der Waals surface area contributed by atoms with E-state index in [0.29, 0.717) is 5.13 Å². The highest BCUT2D eigenvalue weighted by Crippen LogP contribution is 2.33. The maximum absolute atomic E-state index is 12.4. The van der Waals surface area contributed by atoms with Gasteiger partial charge in [-0.05, 0) is 19.9 Å². The number of benzene rings is 1. The van der Waals surface area contributed by atoms with Gasteiger partial charge in [0.1, 0.15) is 0 Å². The Balaban J connectivity index is 1.35. The minimum atomic E-state index is -0.112. The number of thiazole rings is 2. The SMILES string of the molecule is Cc1cn2cc(CC(=O)Nc3nc(-c4c(C)[nH]c5ccccc45)cs3)nc2s1. The molecule has 2 N–H and O–H groups in total. The molecule has 1 amide bonds. The van der Waals surface area contributed by atoms with E-state index in [1.54, 1.807) is 11.3 Å². The summed E-state index contributed by atoms with van der Waals surface area (Å²) >= 11 is 3.05. The molecule has 5 aromatic rings. The summed E-state index contributed by atoms with van der Waals surface area (Å²) in [5.74, 6) is -0.112. The van der Waals surface area contributed by atoms with Gasteiger partial charge in [0.15, 0.2) is 10.1 Å². The first-order valence-corrected chi connectivity index (χ1v) is 10.5. The molecule has 0 bridgehead atoms. The molecule has 28 heavy (non-hydrogen) atoms. The number of carbonyl (C=O) groups is 1. The van der Waals surface area contributed by atoms with E-state index in [2.05, 4.69) is 32.4 Å². The minimum absolute atomic E-state index is 0.112. The second kappa shape index (κ2) is 6.57. The third-order valence-electron chi connectivity index (χ3n) is 4.56. The number of fused-ring (bicyclic) bond motifs is 2. The summed E-state index contributed by atoms with van der Waals surface area (Å²) in [7, 11) is 0. The van der Waals surface area contributed by atoms with E-state index in [9.17, 15) is 4.79 Å². The number of nitrogens with one attached hydrogen (secondary N) is 2. The molecule has 8 heteroatoms. The van der Waals surface area contributed by atoms with E-state index in [1.807, 2.05) is 48.2 Å². The average Bonchev–Trinajstić information content (AvgIpc) is 3.37. The molecule has 6 nitrogen and oxygen atoms in total. The molecule has 0 radical (unpaired) electrons. The zero-order valence-corrected chi connectivity index (χ0v) is 16.9. The van der Waals surface area contributed by atoms with Crippen LogP contribution in [0.1, 0.15) is 16.3 Å². The number of para-hydroxylation sites is 1. The van der Waals surface area contributed by atoms with Crippen LogP contribution in [0.3, 0.4) is 0 Å². The molecule has 5 rings (SSSR count). The summed E-state index contributed by atoms with van der Waals surface area (Å²) in [6.45, 7) is 4.08. The highest BCUT2D eigenvalue weighted by Gasteiger charge is 2.15. The molecule has 0 saturated carbocycles. The molecule has 0 aliphatic rings. The molecule has 0 fully saturated rings. The monoisotopic (exact) mass is 407 g/mol. The van der Waals surface area contributed by atoms with Crippen LogP contribution >= 0.6 is 22.7 Å². The van der Waals surface area contributed by atoms with Gasteiger partial charge in [0.2, 0.25) is 5.91 Å². The molecular formula is C20H17N5OS2. The summed E-state index contributed by atoms with van der Waals surface area (Å²) in [5, 5.41) is 6.61. The van der Waals surface area contributed by atoms with Gasteiger partial charge in [-0.25, -0.2) is 9.97 Å². The number of nitrogens with zero attached hydrogens (tertiary/aromatic N) is 3. The van der Waals surface area contributed by atoms with Crippen LogP contribution in [0.5, 0.6) is 0 Å².